The molecule has 0 aliphatic rings. The molecule has 0 amide bonds. The molecule has 0 aliphatic carbocycles. The van der Waals surface area contributed by atoms with Crippen LogP contribution in [0.5, 0.6) is 0 Å². The lowest BCUT2D eigenvalue weighted by atomic mass is 10.2. The highest BCUT2D eigenvalue weighted by Crippen LogP contribution is 2.00. The van der Waals surface area contributed by atoms with Crippen LogP contribution in [0.25, 0.3) is 0 Å². The maximum atomic E-state index is 4.81. The molecule has 2 nitrogen and oxygen atoms in total. The van der Waals surface area contributed by atoms with Gasteiger partial charge in [0.15, 0.2) is 0 Å². The Labute approximate surface area is 64.0 Å². The van der Waals surface area contributed by atoms with Gasteiger partial charge in [-0.2, -0.15) is 0 Å². The molecule has 0 fully saturated rings. The summed E-state index contributed by atoms with van der Waals surface area (Å²) in [5, 5.41) is 0. The summed E-state index contributed by atoms with van der Waals surface area (Å²) in [6.07, 6.45) is 2.96. The SMILES string of the molecule is C=CCC.CC(C)(C)ON. The second-order valence-electron chi connectivity index (χ2n) is 2.93. The third kappa shape index (κ3) is 25.4. The Hall–Kier alpha value is -0.340. The molecule has 0 aliphatic heterocycles. The maximum absolute atomic E-state index is 4.81. The fourth-order valence-corrected chi connectivity index (χ4v) is 0. The Balaban J connectivity index is 0. The Morgan fingerprint density at radius 2 is 1.70 bits per heavy atom. The summed E-state index contributed by atoms with van der Waals surface area (Å²) in [7, 11) is 0. The first-order chi connectivity index (χ1) is 4.47. The van der Waals surface area contributed by atoms with E-state index in [1.54, 1.807) is 0 Å². The van der Waals surface area contributed by atoms with Crippen molar-refractivity contribution in [2.24, 2.45) is 5.90 Å². The largest absolute Gasteiger partial charge is 0.299 e. The quantitative estimate of drug-likeness (QED) is 0.453. The first kappa shape index (κ1) is 12.3. The highest BCUT2D eigenvalue weighted by atomic mass is 16.6. The van der Waals surface area contributed by atoms with Crippen LogP contribution in [0.1, 0.15) is 34.1 Å². The molecule has 0 bridgehead atoms. The van der Waals surface area contributed by atoms with E-state index in [-0.39, 0.29) is 5.60 Å². The van der Waals surface area contributed by atoms with Gasteiger partial charge in [0, 0.05) is 0 Å². The second-order valence-corrected chi connectivity index (χ2v) is 2.93. The zero-order valence-electron chi connectivity index (χ0n) is 7.48. The summed E-state index contributed by atoms with van der Waals surface area (Å²) in [6.45, 7) is 11.2. The summed E-state index contributed by atoms with van der Waals surface area (Å²) in [6, 6.07) is 0. The summed E-state index contributed by atoms with van der Waals surface area (Å²) >= 11 is 0. The zero-order valence-corrected chi connectivity index (χ0v) is 7.48. The van der Waals surface area contributed by atoms with Crippen LogP contribution >= 0.6 is 0 Å². The van der Waals surface area contributed by atoms with E-state index in [1.807, 2.05) is 26.8 Å². The van der Waals surface area contributed by atoms with Crippen molar-refractivity contribution in [3.63, 3.8) is 0 Å². The third-order valence-electron chi connectivity index (χ3n) is 0.642. The van der Waals surface area contributed by atoms with Gasteiger partial charge in [0.05, 0.1) is 5.60 Å². The molecule has 0 spiro atoms. The molecule has 2 heteroatoms. The topological polar surface area (TPSA) is 35.2 Å². The monoisotopic (exact) mass is 145 g/mol. The average Bonchev–Trinajstić information content (AvgIpc) is 1.87. The molecule has 0 rings (SSSR count). The number of hydrogen-bond acceptors (Lipinski definition) is 2. The van der Waals surface area contributed by atoms with E-state index in [9.17, 15) is 0 Å². The fourth-order valence-electron chi connectivity index (χ4n) is 0. The van der Waals surface area contributed by atoms with E-state index >= 15 is 0 Å². The van der Waals surface area contributed by atoms with Crippen LogP contribution in [0.3, 0.4) is 0 Å². The van der Waals surface area contributed by atoms with Crippen LogP contribution in [0.15, 0.2) is 12.7 Å². The van der Waals surface area contributed by atoms with E-state index in [2.05, 4.69) is 18.3 Å². The molecule has 0 radical (unpaired) electrons. The Morgan fingerprint density at radius 3 is 1.70 bits per heavy atom. The minimum Gasteiger partial charge on any atom is -0.299 e. The molecule has 0 atom stereocenters. The van der Waals surface area contributed by atoms with Gasteiger partial charge in [-0.05, 0) is 27.2 Å². The standard InChI is InChI=1S/C4H11NO.C4H8/c1-4(2,3)6-5;1-3-4-2/h5H2,1-3H3;3H,1,4H2,2H3. The Bertz CT molecular complexity index is 73.8. The molecule has 0 saturated carbocycles. The Morgan fingerprint density at radius 1 is 1.50 bits per heavy atom. The third-order valence-corrected chi connectivity index (χ3v) is 0.642. The van der Waals surface area contributed by atoms with Crippen molar-refractivity contribution in [1.82, 2.24) is 0 Å². The van der Waals surface area contributed by atoms with Crippen molar-refractivity contribution in [3.05, 3.63) is 12.7 Å². The van der Waals surface area contributed by atoms with Gasteiger partial charge in [-0.15, -0.1) is 6.58 Å². The number of rotatable bonds is 1. The molecular formula is C8H19NO. The molecular weight excluding hydrogens is 126 g/mol. The summed E-state index contributed by atoms with van der Waals surface area (Å²) < 4.78 is 0. The van der Waals surface area contributed by atoms with E-state index in [4.69, 9.17) is 5.90 Å². The van der Waals surface area contributed by atoms with E-state index < -0.39 is 0 Å². The van der Waals surface area contributed by atoms with Crippen molar-refractivity contribution in [1.29, 1.82) is 0 Å². The first-order valence-corrected chi connectivity index (χ1v) is 3.46. The molecule has 0 unspecified atom stereocenters. The van der Waals surface area contributed by atoms with Crippen LogP contribution in [0, 0.1) is 0 Å². The van der Waals surface area contributed by atoms with Gasteiger partial charge in [-0.1, -0.05) is 13.0 Å². The lowest BCUT2D eigenvalue weighted by Gasteiger charge is -2.12. The Kier molecular flexibility index (Phi) is 8.37. The lowest BCUT2D eigenvalue weighted by Crippen LogP contribution is -2.22. The molecule has 0 aromatic carbocycles. The van der Waals surface area contributed by atoms with Gasteiger partial charge in [-0.25, -0.2) is 5.90 Å². The van der Waals surface area contributed by atoms with Crippen molar-refractivity contribution >= 4 is 0 Å². The van der Waals surface area contributed by atoms with Gasteiger partial charge in [0.2, 0.25) is 0 Å². The fraction of sp³-hybridized carbons (Fsp3) is 0.750. The zero-order chi connectivity index (χ0) is 8.62. The molecule has 62 valence electrons. The molecule has 0 heterocycles. The van der Waals surface area contributed by atoms with Crippen molar-refractivity contribution in [2.75, 3.05) is 0 Å². The lowest BCUT2D eigenvalue weighted by molar-refractivity contribution is -0.00428. The average molecular weight is 145 g/mol. The van der Waals surface area contributed by atoms with Crippen LogP contribution in [0.2, 0.25) is 0 Å². The molecule has 0 aromatic heterocycles. The highest BCUT2D eigenvalue weighted by molar-refractivity contribution is 4.60. The summed E-state index contributed by atoms with van der Waals surface area (Å²) in [5.41, 5.74) is -0.181. The van der Waals surface area contributed by atoms with Crippen LogP contribution in [0.4, 0.5) is 0 Å². The van der Waals surface area contributed by atoms with Crippen LogP contribution in [-0.2, 0) is 4.84 Å². The minimum absolute atomic E-state index is 0.181. The van der Waals surface area contributed by atoms with Crippen molar-refractivity contribution in [2.45, 2.75) is 39.7 Å². The molecule has 0 saturated heterocycles. The van der Waals surface area contributed by atoms with Crippen LogP contribution < -0.4 is 5.90 Å². The number of allylic oxidation sites excluding steroid dienone is 1. The normalized spacial score (nSPS) is 9.70. The predicted octanol–water partition coefficient (Wildman–Crippen LogP) is 2.26. The van der Waals surface area contributed by atoms with Crippen molar-refractivity contribution < 1.29 is 4.84 Å². The summed E-state index contributed by atoms with van der Waals surface area (Å²) in [5.74, 6) is 4.81. The van der Waals surface area contributed by atoms with E-state index in [0.29, 0.717) is 0 Å². The van der Waals surface area contributed by atoms with Crippen molar-refractivity contribution in [3.8, 4) is 0 Å². The second kappa shape index (κ2) is 6.78. The smallest absolute Gasteiger partial charge is 0.0810 e. The van der Waals surface area contributed by atoms with E-state index in [1.165, 1.54) is 0 Å². The molecule has 0 aromatic rings. The van der Waals surface area contributed by atoms with Gasteiger partial charge < -0.3 is 0 Å². The van der Waals surface area contributed by atoms with Crippen LogP contribution in [-0.4, -0.2) is 5.60 Å². The molecule has 2 N–H and O–H groups in total. The number of nitrogens with two attached hydrogens (primary N) is 1. The van der Waals surface area contributed by atoms with E-state index in [0.717, 1.165) is 6.42 Å². The molecule has 10 heavy (non-hydrogen) atoms. The minimum atomic E-state index is -0.181. The maximum Gasteiger partial charge on any atom is 0.0810 e. The van der Waals surface area contributed by atoms with Gasteiger partial charge in [0.25, 0.3) is 0 Å². The van der Waals surface area contributed by atoms with Gasteiger partial charge >= 0.3 is 0 Å². The highest BCUT2D eigenvalue weighted by Gasteiger charge is 2.05. The predicted molar refractivity (Wildman–Crippen MR) is 45.5 cm³/mol. The van der Waals surface area contributed by atoms with Gasteiger partial charge in [0.1, 0.15) is 0 Å². The number of hydrogen-bond donors (Lipinski definition) is 1. The van der Waals surface area contributed by atoms with Gasteiger partial charge in [-0.3, -0.25) is 4.84 Å². The first-order valence-electron chi connectivity index (χ1n) is 3.46. The summed E-state index contributed by atoms with van der Waals surface area (Å²) in [4.78, 5) is 4.44.